The predicted molar refractivity (Wildman–Crippen MR) is 97.2 cm³/mol. The zero-order valence-corrected chi connectivity index (χ0v) is 15.8. The first-order valence-electron chi connectivity index (χ1n) is 8.28. The van der Waals surface area contributed by atoms with Gasteiger partial charge in [-0.15, -0.1) is 11.3 Å². The molecule has 2 aromatic heterocycles. The van der Waals surface area contributed by atoms with E-state index in [2.05, 4.69) is 21.2 Å². The minimum Gasteiger partial charge on any atom is -0.351 e. The average Bonchev–Trinajstić information content (AvgIpc) is 3.13. The molecule has 0 fully saturated rings. The number of aryl methyl sites for hydroxylation is 4. The molecular weight excluding hydrogens is 374 g/mol. The van der Waals surface area contributed by atoms with Crippen molar-refractivity contribution in [2.45, 2.75) is 52.0 Å². The van der Waals surface area contributed by atoms with Gasteiger partial charge in [-0.3, -0.25) is 4.79 Å². The van der Waals surface area contributed by atoms with Crippen molar-refractivity contribution in [3.63, 3.8) is 0 Å². The average molecular weight is 396 g/mol. The Balaban J connectivity index is 1.47. The predicted octanol–water partition coefficient (Wildman–Crippen LogP) is 3.97. The fourth-order valence-electron chi connectivity index (χ4n) is 2.97. The molecule has 0 aromatic carbocycles. The van der Waals surface area contributed by atoms with Crippen LogP contribution in [0.2, 0.25) is 0 Å². The summed E-state index contributed by atoms with van der Waals surface area (Å²) in [4.78, 5) is 18.5. The van der Waals surface area contributed by atoms with Crippen LogP contribution in [0.3, 0.4) is 0 Å². The maximum Gasteiger partial charge on any atom is 0.267 e. The van der Waals surface area contributed by atoms with Crippen LogP contribution < -0.4 is 5.32 Å². The van der Waals surface area contributed by atoms with E-state index >= 15 is 0 Å². The van der Waals surface area contributed by atoms with Crippen LogP contribution in [-0.2, 0) is 25.8 Å². The van der Waals surface area contributed by atoms with Gasteiger partial charge in [0.1, 0.15) is 5.69 Å². The Labute approximate surface area is 149 Å². The van der Waals surface area contributed by atoms with E-state index in [1.165, 1.54) is 34.8 Å². The molecule has 0 spiro atoms. The third-order valence-corrected chi connectivity index (χ3v) is 5.83. The second kappa shape index (κ2) is 7.62. The zero-order chi connectivity index (χ0) is 16.2. The van der Waals surface area contributed by atoms with Crippen LogP contribution >= 0.6 is 27.3 Å². The first-order chi connectivity index (χ1) is 11.2. The van der Waals surface area contributed by atoms with Crippen LogP contribution in [0.1, 0.15) is 52.3 Å². The molecule has 1 amide bonds. The molecule has 0 bridgehead atoms. The number of hydrogen-bond acceptors (Lipinski definition) is 3. The quantitative estimate of drug-likeness (QED) is 0.752. The van der Waals surface area contributed by atoms with E-state index in [4.69, 9.17) is 4.98 Å². The summed E-state index contributed by atoms with van der Waals surface area (Å²) in [5.74, 6) is -0.00372. The topological polar surface area (TPSA) is 46.9 Å². The molecule has 0 saturated carbocycles. The summed E-state index contributed by atoms with van der Waals surface area (Å²) in [5, 5.41) is 4.24. The third kappa shape index (κ3) is 4.04. The Morgan fingerprint density at radius 3 is 3.04 bits per heavy atom. The SMILES string of the molecule is CCn1cc(Br)cc1C(=O)NCCCc1nc2c(s1)CCCC2. The normalized spacial score (nSPS) is 13.8. The molecule has 0 saturated heterocycles. The number of rotatable bonds is 6. The molecule has 0 unspecified atom stereocenters. The van der Waals surface area contributed by atoms with Crippen LogP contribution in [0.15, 0.2) is 16.7 Å². The van der Waals surface area contributed by atoms with E-state index in [0.717, 1.165) is 30.3 Å². The van der Waals surface area contributed by atoms with Crippen molar-refractivity contribution < 1.29 is 4.79 Å². The van der Waals surface area contributed by atoms with Gasteiger partial charge in [0, 0.05) is 35.1 Å². The number of carbonyl (C=O) groups is 1. The molecule has 1 aliphatic rings. The van der Waals surface area contributed by atoms with Gasteiger partial charge in [0.2, 0.25) is 0 Å². The summed E-state index contributed by atoms with van der Waals surface area (Å²) in [7, 11) is 0. The largest absolute Gasteiger partial charge is 0.351 e. The van der Waals surface area contributed by atoms with E-state index in [9.17, 15) is 4.79 Å². The fourth-order valence-corrected chi connectivity index (χ4v) is 4.63. The van der Waals surface area contributed by atoms with Gasteiger partial charge >= 0.3 is 0 Å². The van der Waals surface area contributed by atoms with Crippen molar-refractivity contribution in [3.8, 4) is 0 Å². The maximum absolute atomic E-state index is 12.2. The molecule has 1 N–H and O–H groups in total. The lowest BCUT2D eigenvalue weighted by Gasteiger charge is -2.07. The summed E-state index contributed by atoms with van der Waals surface area (Å²) in [6, 6.07) is 1.87. The Bertz CT molecular complexity index is 669. The zero-order valence-electron chi connectivity index (χ0n) is 13.4. The van der Waals surface area contributed by atoms with E-state index in [-0.39, 0.29) is 5.91 Å². The minimum atomic E-state index is -0.00372. The molecule has 0 atom stereocenters. The monoisotopic (exact) mass is 395 g/mol. The molecule has 2 heterocycles. The molecule has 1 aliphatic carbocycles. The van der Waals surface area contributed by atoms with Crippen molar-refractivity contribution in [2.75, 3.05) is 6.54 Å². The highest BCUT2D eigenvalue weighted by Gasteiger charge is 2.15. The molecule has 0 aliphatic heterocycles. The van der Waals surface area contributed by atoms with E-state index in [1.807, 2.05) is 35.1 Å². The van der Waals surface area contributed by atoms with Crippen LogP contribution in [0.4, 0.5) is 0 Å². The fraction of sp³-hybridized carbons (Fsp3) is 0.529. The third-order valence-electron chi connectivity index (χ3n) is 4.18. The molecule has 4 nitrogen and oxygen atoms in total. The molecule has 3 rings (SSSR count). The smallest absolute Gasteiger partial charge is 0.267 e. The molecule has 0 radical (unpaired) electrons. The Kier molecular flexibility index (Phi) is 5.54. The number of nitrogens with zero attached hydrogens (tertiary/aromatic N) is 2. The van der Waals surface area contributed by atoms with E-state index in [1.54, 1.807) is 0 Å². The Morgan fingerprint density at radius 2 is 2.26 bits per heavy atom. The molecular formula is C17H22BrN3OS. The van der Waals surface area contributed by atoms with Crippen LogP contribution in [0.25, 0.3) is 0 Å². The van der Waals surface area contributed by atoms with Gasteiger partial charge in [-0.2, -0.15) is 0 Å². The number of amides is 1. The Morgan fingerprint density at radius 1 is 1.43 bits per heavy atom. The van der Waals surface area contributed by atoms with Crippen molar-refractivity contribution >= 4 is 33.2 Å². The van der Waals surface area contributed by atoms with Crippen molar-refractivity contribution in [2.24, 2.45) is 0 Å². The van der Waals surface area contributed by atoms with Crippen LogP contribution in [0.5, 0.6) is 0 Å². The lowest BCUT2D eigenvalue weighted by atomic mass is 10.0. The van der Waals surface area contributed by atoms with Crippen LogP contribution in [-0.4, -0.2) is 22.0 Å². The number of halogens is 1. The maximum atomic E-state index is 12.2. The highest BCUT2D eigenvalue weighted by Crippen LogP contribution is 2.27. The molecule has 6 heteroatoms. The highest BCUT2D eigenvalue weighted by molar-refractivity contribution is 9.10. The number of fused-ring (bicyclic) bond motifs is 1. The molecule has 2 aromatic rings. The van der Waals surface area contributed by atoms with Gasteiger partial charge in [0.05, 0.1) is 10.7 Å². The number of hydrogen-bond donors (Lipinski definition) is 1. The lowest BCUT2D eigenvalue weighted by molar-refractivity contribution is 0.0944. The summed E-state index contributed by atoms with van der Waals surface area (Å²) in [6.07, 6.45) is 8.76. The number of thiazole rings is 1. The molecule has 124 valence electrons. The minimum absolute atomic E-state index is 0.00372. The summed E-state index contributed by atoms with van der Waals surface area (Å²) in [5.41, 5.74) is 2.04. The van der Waals surface area contributed by atoms with Crippen molar-refractivity contribution in [3.05, 3.63) is 38.0 Å². The second-order valence-electron chi connectivity index (χ2n) is 5.87. The molecule has 23 heavy (non-hydrogen) atoms. The van der Waals surface area contributed by atoms with E-state index in [0.29, 0.717) is 12.2 Å². The van der Waals surface area contributed by atoms with Gasteiger partial charge in [-0.1, -0.05) is 0 Å². The number of carbonyl (C=O) groups excluding carboxylic acids is 1. The van der Waals surface area contributed by atoms with Gasteiger partial charge in [0.25, 0.3) is 5.91 Å². The van der Waals surface area contributed by atoms with Gasteiger partial charge < -0.3 is 9.88 Å². The van der Waals surface area contributed by atoms with Crippen LogP contribution in [0, 0.1) is 0 Å². The van der Waals surface area contributed by atoms with E-state index < -0.39 is 0 Å². The van der Waals surface area contributed by atoms with Gasteiger partial charge in [0.15, 0.2) is 0 Å². The number of nitrogens with one attached hydrogen (secondary N) is 1. The number of aromatic nitrogens is 2. The summed E-state index contributed by atoms with van der Waals surface area (Å²) in [6.45, 7) is 3.52. The first-order valence-corrected chi connectivity index (χ1v) is 9.89. The first kappa shape index (κ1) is 16.7. The lowest BCUT2D eigenvalue weighted by Crippen LogP contribution is -2.26. The second-order valence-corrected chi connectivity index (χ2v) is 7.96. The summed E-state index contributed by atoms with van der Waals surface area (Å²) >= 11 is 5.29. The van der Waals surface area contributed by atoms with Gasteiger partial charge in [-0.25, -0.2) is 4.98 Å². The van der Waals surface area contributed by atoms with Crippen molar-refractivity contribution in [1.29, 1.82) is 0 Å². The van der Waals surface area contributed by atoms with Gasteiger partial charge in [-0.05, 0) is 61.0 Å². The van der Waals surface area contributed by atoms with Crippen molar-refractivity contribution in [1.82, 2.24) is 14.9 Å². The summed E-state index contributed by atoms with van der Waals surface area (Å²) < 4.78 is 2.90. The highest BCUT2D eigenvalue weighted by atomic mass is 79.9. The standard InChI is InChI=1S/C17H22BrN3OS/c1-2-21-11-12(18)10-14(21)17(22)19-9-5-8-16-20-13-6-3-4-7-15(13)23-16/h10-11H,2-9H2,1H3,(H,19,22). The Hall–Kier alpha value is -1.14.